The summed E-state index contributed by atoms with van der Waals surface area (Å²) in [6.45, 7) is 17.9. The molecule has 6 aromatic rings. The number of hydrogen-bond donors (Lipinski definition) is 3. The Morgan fingerprint density at radius 1 is 0.869 bits per heavy atom. The smallest absolute Gasteiger partial charge is 0.328 e. The number of benzene rings is 3. The van der Waals surface area contributed by atoms with Gasteiger partial charge >= 0.3 is 17.8 Å². The van der Waals surface area contributed by atoms with Crippen LogP contribution in [0.5, 0.6) is 0 Å². The summed E-state index contributed by atoms with van der Waals surface area (Å²) in [4.78, 5) is 63.2. The SMILES string of the molecule is Cc1cc(-c2ncnc3[nH]c4cc(N5CCN(CC6CCN(c7ccc(N8CCC(=O)NC8=O)c(C)c7)CC6)CC5)ccc4c23)ccc1CNC(=O)c1nc(C(C)(C)C)no1. The van der Waals surface area contributed by atoms with Gasteiger partial charge in [-0.25, -0.2) is 14.8 Å². The third-order valence-corrected chi connectivity index (χ3v) is 12.5. The maximum atomic E-state index is 12.8. The lowest BCUT2D eigenvalue weighted by Crippen LogP contribution is -2.49. The maximum absolute atomic E-state index is 12.8. The van der Waals surface area contributed by atoms with Crippen LogP contribution < -0.4 is 25.3 Å². The van der Waals surface area contributed by atoms with Crippen LogP contribution in [-0.4, -0.2) is 100 Å². The molecule has 0 aliphatic carbocycles. The van der Waals surface area contributed by atoms with Crippen LogP contribution in [0.3, 0.4) is 0 Å². The summed E-state index contributed by atoms with van der Waals surface area (Å²) in [6.07, 6.45) is 4.24. The predicted octanol–water partition coefficient (Wildman–Crippen LogP) is 6.49. The van der Waals surface area contributed by atoms with Gasteiger partial charge in [-0.3, -0.25) is 24.7 Å². The minimum atomic E-state index is -0.402. The van der Waals surface area contributed by atoms with Crippen molar-refractivity contribution >= 4 is 56.8 Å². The third-order valence-electron chi connectivity index (χ3n) is 12.5. The number of carbonyl (C=O) groups excluding carboxylic acids is 3. The first-order valence-electron chi connectivity index (χ1n) is 21.3. The van der Waals surface area contributed by atoms with Crippen molar-refractivity contribution in [3.05, 3.63) is 89.3 Å². The molecule has 6 heterocycles. The number of aryl methyl sites for hydroxylation is 2. The second-order valence-electron chi connectivity index (χ2n) is 17.7. The van der Waals surface area contributed by atoms with Gasteiger partial charge in [-0.15, -0.1) is 0 Å². The summed E-state index contributed by atoms with van der Waals surface area (Å²) in [7, 11) is 0. The van der Waals surface area contributed by atoms with Crippen molar-refractivity contribution in [2.24, 2.45) is 5.92 Å². The number of urea groups is 1. The highest BCUT2D eigenvalue weighted by Gasteiger charge is 2.28. The first kappa shape index (κ1) is 40.1. The minimum absolute atomic E-state index is 0.0410. The van der Waals surface area contributed by atoms with Gasteiger partial charge in [-0.05, 0) is 85.7 Å². The minimum Gasteiger partial charge on any atom is -0.372 e. The van der Waals surface area contributed by atoms with Crippen LogP contribution >= 0.6 is 0 Å². The number of piperidine rings is 1. The predicted molar refractivity (Wildman–Crippen MR) is 236 cm³/mol. The van der Waals surface area contributed by atoms with E-state index in [9.17, 15) is 14.4 Å². The quantitative estimate of drug-likeness (QED) is 0.146. The van der Waals surface area contributed by atoms with Gasteiger partial charge in [-0.1, -0.05) is 44.1 Å². The second kappa shape index (κ2) is 16.3. The van der Waals surface area contributed by atoms with Crippen LogP contribution in [0, 0.1) is 19.8 Å². The van der Waals surface area contributed by atoms with E-state index >= 15 is 0 Å². The average Bonchev–Trinajstić information content (AvgIpc) is 3.90. The summed E-state index contributed by atoms with van der Waals surface area (Å²) in [5, 5.41) is 11.4. The largest absolute Gasteiger partial charge is 0.372 e. The van der Waals surface area contributed by atoms with E-state index in [4.69, 9.17) is 9.51 Å². The van der Waals surface area contributed by atoms with Gasteiger partial charge in [0.1, 0.15) is 12.0 Å². The van der Waals surface area contributed by atoms with Crippen molar-refractivity contribution in [1.82, 2.24) is 40.6 Å². The monoisotopic (exact) mass is 823 g/mol. The van der Waals surface area contributed by atoms with Crippen molar-refractivity contribution in [3.8, 4) is 11.3 Å². The molecule has 3 aromatic heterocycles. The van der Waals surface area contributed by atoms with Crippen LogP contribution in [-0.2, 0) is 16.8 Å². The number of amides is 4. The zero-order chi connectivity index (χ0) is 42.4. The molecule has 3 saturated heterocycles. The van der Waals surface area contributed by atoms with E-state index in [0.717, 1.165) is 114 Å². The summed E-state index contributed by atoms with van der Waals surface area (Å²) in [5.41, 5.74) is 9.67. The third kappa shape index (κ3) is 8.26. The van der Waals surface area contributed by atoms with E-state index in [1.165, 1.54) is 11.4 Å². The Bertz CT molecular complexity index is 2630. The molecule has 3 N–H and O–H groups in total. The molecular formula is C46H53N11O4. The Balaban J connectivity index is 0.793. The van der Waals surface area contributed by atoms with E-state index in [1.54, 1.807) is 11.2 Å². The molecule has 4 amide bonds. The van der Waals surface area contributed by atoms with Gasteiger partial charge in [0.2, 0.25) is 5.91 Å². The highest BCUT2D eigenvalue weighted by atomic mass is 16.5. The van der Waals surface area contributed by atoms with Crippen LogP contribution in [0.15, 0.2) is 65.4 Å². The molecule has 0 atom stereocenters. The number of piperazine rings is 1. The first-order chi connectivity index (χ1) is 29.4. The summed E-state index contributed by atoms with van der Waals surface area (Å²) >= 11 is 0. The number of hydrogen-bond acceptors (Lipinski definition) is 11. The number of H-pyrrole nitrogens is 1. The van der Waals surface area contributed by atoms with Crippen molar-refractivity contribution in [2.75, 3.05) is 67.1 Å². The van der Waals surface area contributed by atoms with Gasteiger partial charge in [0.25, 0.3) is 0 Å². The van der Waals surface area contributed by atoms with Crippen LogP contribution in [0.25, 0.3) is 33.2 Å². The highest BCUT2D eigenvalue weighted by molar-refractivity contribution is 6.12. The number of aromatic amines is 1. The van der Waals surface area contributed by atoms with Crippen LogP contribution in [0.1, 0.15) is 73.2 Å². The topological polar surface area (TPSA) is 169 Å². The lowest BCUT2D eigenvalue weighted by Gasteiger charge is -2.40. The normalized spacial score (nSPS) is 17.1. The first-order valence-corrected chi connectivity index (χ1v) is 21.3. The summed E-state index contributed by atoms with van der Waals surface area (Å²) < 4.78 is 5.21. The van der Waals surface area contributed by atoms with Crippen molar-refractivity contribution in [2.45, 2.75) is 65.8 Å². The van der Waals surface area contributed by atoms with Gasteiger partial charge < -0.3 is 24.6 Å². The molecule has 61 heavy (non-hydrogen) atoms. The molecule has 15 nitrogen and oxygen atoms in total. The van der Waals surface area contributed by atoms with E-state index in [1.807, 2.05) is 52.8 Å². The molecule has 316 valence electrons. The number of nitrogens with one attached hydrogen (secondary N) is 3. The molecular weight excluding hydrogens is 771 g/mol. The molecule has 0 unspecified atom stereocenters. The molecule has 0 saturated carbocycles. The Morgan fingerprint density at radius 2 is 1.62 bits per heavy atom. The fourth-order valence-electron chi connectivity index (χ4n) is 8.91. The van der Waals surface area contributed by atoms with Crippen LogP contribution in [0.2, 0.25) is 0 Å². The van der Waals surface area contributed by atoms with Gasteiger partial charge in [0.15, 0.2) is 5.82 Å². The molecule has 3 aliphatic heterocycles. The van der Waals surface area contributed by atoms with E-state index in [-0.39, 0.29) is 23.2 Å². The second-order valence-corrected chi connectivity index (χ2v) is 17.7. The molecule has 15 heteroatoms. The highest BCUT2D eigenvalue weighted by Crippen LogP contribution is 2.35. The Labute approximate surface area is 354 Å². The van der Waals surface area contributed by atoms with Crippen molar-refractivity contribution in [3.63, 3.8) is 0 Å². The summed E-state index contributed by atoms with van der Waals surface area (Å²) in [5.74, 6) is 0.501. The zero-order valence-corrected chi connectivity index (χ0v) is 35.5. The maximum Gasteiger partial charge on any atom is 0.328 e. The van der Waals surface area contributed by atoms with E-state index < -0.39 is 5.91 Å². The number of nitrogens with zero attached hydrogens (tertiary/aromatic N) is 8. The molecule has 3 fully saturated rings. The molecule has 9 rings (SSSR count). The van der Waals surface area contributed by atoms with Crippen molar-refractivity contribution in [1.29, 1.82) is 0 Å². The molecule has 0 bridgehead atoms. The molecule has 0 radical (unpaired) electrons. The Hall–Kier alpha value is -6.35. The Morgan fingerprint density at radius 3 is 2.34 bits per heavy atom. The number of carbonyl (C=O) groups is 3. The lowest BCUT2D eigenvalue weighted by molar-refractivity contribution is -0.120. The zero-order valence-electron chi connectivity index (χ0n) is 35.5. The van der Waals surface area contributed by atoms with E-state index in [2.05, 4.69) is 81.8 Å². The van der Waals surface area contributed by atoms with Gasteiger partial charge in [0.05, 0.1) is 11.1 Å². The van der Waals surface area contributed by atoms with Gasteiger partial charge in [0, 0.05) is 104 Å². The lowest BCUT2D eigenvalue weighted by atomic mass is 9.95. The van der Waals surface area contributed by atoms with Gasteiger partial charge in [-0.2, -0.15) is 4.98 Å². The fourth-order valence-corrected chi connectivity index (χ4v) is 8.91. The number of aromatic nitrogens is 5. The molecule has 3 aliphatic rings. The van der Waals surface area contributed by atoms with Crippen LogP contribution in [0.4, 0.5) is 21.9 Å². The Kier molecular flexibility index (Phi) is 10.7. The number of fused-ring (bicyclic) bond motifs is 3. The fraction of sp³-hybridized carbons (Fsp3) is 0.413. The molecule has 0 spiro atoms. The molecule has 3 aromatic carbocycles. The van der Waals surface area contributed by atoms with Crippen molar-refractivity contribution < 1.29 is 18.9 Å². The number of anilines is 3. The standard InChI is InChI=1S/C46H53N11O4/c1-28-22-31(6-7-32(28)25-47-42(59)43-52-44(53-61-43)46(3,4)5)40-39-35-10-8-34(24-36(35)50-41(39)49-27-48-40)56-20-18-54(19-21-56)26-30-12-15-55(16-13-30)33-9-11-37(29(2)23-33)57-17-14-38(58)51-45(57)60/h6-11,22-24,27,30H,12-21,25-26H2,1-5H3,(H,47,59)(H,48,49,50)(H,51,58,60). The van der Waals surface area contributed by atoms with E-state index in [0.29, 0.717) is 31.3 Å². The number of imide groups is 1. The average molecular weight is 824 g/mol. The summed E-state index contributed by atoms with van der Waals surface area (Å²) in [6, 6.07) is 18.8. The number of rotatable bonds is 9.